The summed E-state index contributed by atoms with van der Waals surface area (Å²) in [6, 6.07) is 16.0. The van der Waals surface area contributed by atoms with Crippen molar-refractivity contribution in [3.05, 3.63) is 54.1 Å². The molecule has 2 aromatic carbocycles. The summed E-state index contributed by atoms with van der Waals surface area (Å²) < 4.78 is 5.47. The maximum atomic E-state index is 12.9. The number of piperazine rings is 1. The number of nitrogens with zero attached hydrogens (tertiary/aromatic N) is 4. The molecular weight excluding hydrogens is 404 g/mol. The maximum absolute atomic E-state index is 12.9. The van der Waals surface area contributed by atoms with Gasteiger partial charge in [-0.05, 0) is 35.7 Å². The molecule has 2 heterocycles. The molecule has 170 valence electrons. The fraction of sp³-hybridized carbons (Fsp3) is 0.440. The van der Waals surface area contributed by atoms with Gasteiger partial charge in [0, 0.05) is 45.0 Å². The Morgan fingerprint density at radius 2 is 1.62 bits per heavy atom. The Bertz CT molecular complexity index is 952. The van der Waals surface area contributed by atoms with E-state index in [0.29, 0.717) is 32.1 Å². The Morgan fingerprint density at radius 1 is 0.938 bits per heavy atom. The zero-order valence-corrected chi connectivity index (χ0v) is 19.2. The molecule has 2 saturated heterocycles. The van der Waals surface area contributed by atoms with Gasteiger partial charge in [-0.15, -0.1) is 0 Å². The van der Waals surface area contributed by atoms with Crippen molar-refractivity contribution in [1.82, 2.24) is 9.80 Å². The molecule has 0 saturated carbocycles. The van der Waals surface area contributed by atoms with Gasteiger partial charge in [0.2, 0.25) is 5.91 Å². The molecular formula is C25H32N4O3. The fourth-order valence-electron chi connectivity index (χ4n) is 4.36. The molecule has 7 nitrogen and oxygen atoms in total. The van der Waals surface area contributed by atoms with Crippen LogP contribution in [0.15, 0.2) is 48.5 Å². The minimum Gasteiger partial charge on any atom is -0.495 e. The summed E-state index contributed by atoms with van der Waals surface area (Å²) in [7, 11) is 1.67. The van der Waals surface area contributed by atoms with E-state index in [2.05, 4.69) is 30.9 Å². The summed E-state index contributed by atoms with van der Waals surface area (Å²) >= 11 is 0. The summed E-state index contributed by atoms with van der Waals surface area (Å²) in [4.78, 5) is 33.3. The van der Waals surface area contributed by atoms with Crippen molar-refractivity contribution >= 4 is 23.3 Å². The molecule has 0 bridgehead atoms. The number of anilines is 2. The summed E-state index contributed by atoms with van der Waals surface area (Å²) in [5.41, 5.74) is 3.19. The highest BCUT2D eigenvalue weighted by atomic mass is 16.5. The van der Waals surface area contributed by atoms with E-state index in [1.54, 1.807) is 16.9 Å². The number of urea groups is 1. The van der Waals surface area contributed by atoms with Crippen molar-refractivity contribution in [1.29, 1.82) is 0 Å². The molecule has 0 N–H and O–H groups in total. The average Bonchev–Trinajstić information content (AvgIpc) is 3.19. The van der Waals surface area contributed by atoms with Gasteiger partial charge >= 0.3 is 6.03 Å². The second-order valence-electron chi connectivity index (χ2n) is 8.64. The first-order valence-corrected chi connectivity index (χ1v) is 11.3. The Labute approximate surface area is 190 Å². The fourth-order valence-corrected chi connectivity index (χ4v) is 4.36. The van der Waals surface area contributed by atoms with Crippen LogP contribution in [-0.4, -0.2) is 74.7 Å². The minimum atomic E-state index is -0.0942. The first-order valence-electron chi connectivity index (χ1n) is 11.3. The molecule has 0 aliphatic carbocycles. The third-order valence-electron chi connectivity index (χ3n) is 6.35. The van der Waals surface area contributed by atoms with Gasteiger partial charge in [0.1, 0.15) is 12.3 Å². The van der Waals surface area contributed by atoms with Crippen LogP contribution in [0, 0.1) is 0 Å². The Hall–Kier alpha value is -3.22. The van der Waals surface area contributed by atoms with Gasteiger partial charge in [-0.1, -0.05) is 38.1 Å². The molecule has 2 aliphatic heterocycles. The van der Waals surface area contributed by atoms with Crippen LogP contribution in [0.3, 0.4) is 0 Å². The van der Waals surface area contributed by atoms with Crippen LogP contribution in [0.2, 0.25) is 0 Å². The zero-order chi connectivity index (χ0) is 22.7. The van der Waals surface area contributed by atoms with Gasteiger partial charge in [0.25, 0.3) is 0 Å². The number of ether oxygens (including phenoxy) is 1. The van der Waals surface area contributed by atoms with E-state index in [1.165, 1.54) is 5.56 Å². The number of hydrogen-bond acceptors (Lipinski definition) is 4. The van der Waals surface area contributed by atoms with E-state index in [9.17, 15) is 9.59 Å². The molecule has 2 fully saturated rings. The van der Waals surface area contributed by atoms with Crippen molar-refractivity contribution in [2.75, 3.05) is 62.7 Å². The highest BCUT2D eigenvalue weighted by molar-refractivity contribution is 5.96. The third-order valence-corrected chi connectivity index (χ3v) is 6.35. The Morgan fingerprint density at radius 3 is 2.28 bits per heavy atom. The van der Waals surface area contributed by atoms with Crippen LogP contribution >= 0.6 is 0 Å². The number of methoxy groups -OCH3 is 1. The molecule has 2 aromatic rings. The van der Waals surface area contributed by atoms with Crippen molar-refractivity contribution in [2.24, 2.45) is 0 Å². The Kier molecular flexibility index (Phi) is 6.53. The number of benzene rings is 2. The second-order valence-corrected chi connectivity index (χ2v) is 8.64. The molecule has 32 heavy (non-hydrogen) atoms. The summed E-state index contributed by atoms with van der Waals surface area (Å²) in [6.07, 6.45) is 0. The van der Waals surface area contributed by atoms with Gasteiger partial charge in [0.15, 0.2) is 0 Å². The predicted octanol–water partition coefficient (Wildman–Crippen LogP) is 3.41. The average molecular weight is 437 g/mol. The molecule has 0 radical (unpaired) electrons. The van der Waals surface area contributed by atoms with Gasteiger partial charge in [-0.2, -0.15) is 0 Å². The lowest BCUT2D eigenvalue weighted by Crippen LogP contribution is -2.51. The van der Waals surface area contributed by atoms with E-state index in [1.807, 2.05) is 41.3 Å². The van der Waals surface area contributed by atoms with E-state index in [-0.39, 0.29) is 18.5 Å². The number of carbonyl (C=O) groups is 2. The van der Waals surface area contributed by atoms with Gasteiger partial charge in [-0.3, -0.25) is 9.69 Å². The SMILES string of the molecule is COc1ccccc1N1CCN(C(=O)CN2CCN(c3ccc(C(C)C)cc3)C2=O)CC1. The van der Waals surface area contributed by atoms with E-state index < -0.39 is 0 Å². The standard InChI is InChI=1S/C25H32N4O3/c1-19(2)20-8-10-21(11-9-20)29-17-16-28(25(29)31)18-24(30)27-14-12-26(13-15-27)22-6-4-5-7-23(22)32-3/h4-11,19H,12-18H2,1-3H3. The zero-order valence-electron chi connectivity index (χ0n) is 19.2. The number of para-hydroxylation sites is 2. The van der Waals surface area contributed by atoms with Crippen LogP contribution in [0.5, 0.6) is 5.75 Å². The van der Waals surface area contributed by atoms with E-state index in [0.717, 1.165) is 30.2 Å². The minimum absolute atomic E-state index is 0.00929. The van der Waals surface area contributed by atoms with Crippen molar-refractivity contribution in [3.8, 4) is 5.75 Å². The smallest absolute Gasteiger partial charge is 0.325 e. The molecule has 0 atom stereocenters. The molecule has 7 heteroatoms. The Balaban J connectivity index is 1.31. The van der Waals surface area contributed by atoms with Crippen LogP contribution in [0.1, 0.15) is 25.3 Å². The quantitative estimate of drug-likeness (QED) is 0.696. The molecule has 0 aromatic heterocycles. The molecule has 4 rings (SSSR count). The lowest BCUT2D eigenvalue weighted by Gasteiger charge is -2.37. The van der Waals surface area contributed by atoms with Crippen molar-refractivity contribution in [2.45, 2.75) is 19.8 Å². The normalized spacial score (nSPS) is 16.8. The lowest BCUT2D eigenvalue weighted by atomic mass is 10.0. The van der Waals surface area contributed by atoms with Crippen LogP contribution in [0.4, 0.5) is 16.2 Å². The van der Waals surface area contributed by atoms with Gasteiger partial charge < -0.3 is 19.4 Å². The van der Waals surface area contributed by atoms with Crippen LogP contribution in [0.25, 0.3) is 0 Å². The van der Waals surface area contributed by atoms with Gasteiger partial charge in [0.05, 0.1) is 12.8 Å². The number of carbonyl (C=O) groups excluding carboxylic acids is 2. The monoisotopic (exact) mass is 436 g/mol. The van der Waals surface area contributed by atoms with E-state index >= 15 is 0 Å². The lowest BCUT2D eigenvalue weighted by molar-refractivity contribution is -0.131. The van der Waals surface area contributed by atoms with Gasteiger partial charge in [-0.25, -0.2) is 4.79 Å². The van der Waals surface area contributed by atoms with Crippen LogP contribution < -0.4 is 14.5 Å². The summed E-state index contributed by atoms with van der Waals surface area (Å²) in [5, 5.41) is 0. The highest BCUT2D eigenvalue weighted by Gasteiger charge is 2.32. The number of hydrogen-bond donors (Lipinski definition) is 0. The number of amides is 3. The van der Waals surface area contributed by atoms with E-state index in [4.69, 9.17) is 4.74 Å². The van der Waals surface area contributed by atoms with Crippen LogP contribution in [-0.2, 0) is 4.79 Å². The molecule has 0 spiro atoms. The first kappa shape index (κ1) is 22.0. The topological polar surface area (TPSA) is 56.3 Å². The predicted molar refractivity (Wildman–Crippen MR) is 127 cm³/mol. The molecule has 2 aliphatic rings. The third kappa shape index (κ3) is 4.52. The summed E-state index contributed by atoms with van der Waals surface area (Å²) in [6.45, 7) is 8.38. The second kappa shape index (κ2) is 9.51. The van der Waals surface area contributed by atoms with Crippen molar-refractivity contribution < 1.29 is 14.3 Å². The maximum Gasteiger partial charge on any atom is 0.325 e. The largest absolute Gasteiger partial charge is 0.495 e. The number of rotatable bonds is 6. The molecule has 0 unspecified atom stereocenters. The highest BCUT2D eigenvalue weighted by Crippen LogP contribution is 2.28. The first-order chi connectivity index (χ1) is 15.5. The molecule has 3 amide bonds. The van der Waals surface area contributed by atoms with Crippen molar-refractivity contribution in [3.63, 3.8) is 0 Å². The summed E-state index contributed by atoms with van der Waals surface area (Å²) in [5.74, 6) is 1.31.